The van der Waals surface area contributed by atoms with E-state index in [-0.39, 0.29) is 12.4 Å². The molecule has 0 heterocycles. The molecule has 3 heteroatoms. The number of rotatable bonds is 0. The van der Waals surface area contributed by atoms with Crippen molar-refractivity contribution in [2.75, 3.05) is 5.73 Å². The van der Waals surface area contributed by atoms with Crippen LogP contribution < -0.4 is 5.73 Å². The first-order chi connectivity index (χ1) is 4.20. The second-order valence-corrected chi connectivity index (χ2v) is 2.54. The fraction of sp³-hybridized carbons (Fsp3) is 0.143. The summed E-state index contributed by atoms with van der Waals surface area (Å²) in [5, 5.41) is 0. The van der Waals surface area contributed by atoms with Crippen LogP contribution in [-0.2, 0) is 0 Å². The molecular weight excluding hydrogens is 166 g/mol. The van der Waals surface area contributed by atoms with Crippen molar-refractivity contribution in [3.8, 4) is 0 Å². The van der Waals surface area contributed by atoms with Gasteiger partial charge in [-0.2, -0.15) is 0 Å². The van der Waals surface area contributed by atoms with E-state index in [1.54, 1.807) is 0 Å². The van der Waals surface area contributed by atoms with Gasteiger partial charge in [-0.05, 0) is 24.6 Å². The maximum absolute atomic E-state index is 5.54. The number of anilines is 1. The van der Waals surface area contributed by atoms with Gasteiger partial charge in [0.15, 0.2) is 0 Å². The molecule has 1 rings (SSSR count). The van der Waals surface area contributed by atoms with Crippen molar-refractivity contribution >= 4 is 30.7 Å². The number of hydrogen-bond acceptors (Lipinski definition) is 2. The van der Waals surface area contributed by atoms with Crippen molar-refractivity contribution in [1.82, 2.24) is 0 Å². The molecule has 1 aromatic rings. The minimum atomic E-state index is 0. The summed E-state index contributed by atoms with van der Waals surface area (Å²) in [6.45, 7) is 2.00. The third kappa shape index (κ3) is 2.12. The van der Waals surface area contributed by atoms with Crippen molar-refractivity contribution in [3.63, 3.8) is 0 Å². The molecule has 0 aliphatic heterocycles. The zero-order valence-corrected chi connectivity index (χ0v) is 7.38. The van der Waals surface area contributed by atoms with E-state index in [0.29, 0.717) is 0 Å². The number of benzene rings is 1. The Hall–Kier alpha value is -0.340. The Bertz CT molecular complexity index is 225. The summed E-state index contributed by atoms with van der Waals surface area (Å²) in [6.07, 6.45) is 0. The molecule has 0 bridgehead atoms. The van der Waals surface area contributed by atoms with E-state index in [4.69, 9.17) is 5.73 Å². The van der Waals surface area contributed by atoms with Gasteiger partial charge >= 0.3 is 0 Å². The first kappa shape index (κ1) is 9.66. The van der Waals surface area contributed by atoms with Gasteiger partial charge in [-0.3, -0.25) is 0 Å². The summed E-state index contributed by atoms with van der Waals surface area (Å²) >= 11 is 4.12. The molecule has 0 atom stereocenters. The maximum atomic E-state index is 5.54. The molecule has 0 amide bonds. The third-order valence-electron chi connectivity index (χ3n) is 1.18. The van der Waals surface area contributed by atoms with Gasteiger partial charge in [0.2, 0.25) is 0 Å². The van der Waals surface area contributed by atoms with E-state index >= 15 is 0 Å². The maximum Gasteiger partial charge on any atom is 0.0452 e. The lowest BCUT2D eigenvalue weighted by Gasteiger charge is -1.97. The Morgan fingerprint density at radius 1 is 1.40 bits per heavy atom. The van der Waals surface area contributed by atoms with Crippen LogP contribution in [0.5, 0.6) is 0 Å². The fourth-order valence-electron chi connectivity index (χ4n) is 0.674. The highest BCUT2D eigenvalue weighted by molar-refractivity contribution is 7.80. The van der Waals surface area contributed by atoms with Gasteiger partial charge < -0.3 is 5.73 Å². The average molecular weight is 176 g/mol. The second kappa shape index (κ2) is 3.74. The normalized spacial score (nSPS) is 8.60. The van der Waals surface area contributed by atoms with Gasteiger partial charge in [-0.25, -0.2) is 0 Å². The van der Waals surface area contributed by atoms with Gasteiger partial charge in [0.05, 0.1) is 0 Å². The zero-order valence-electron chi connectivity index (χ0n) is 5.66. The summed E-state index contributed by atoms with van der Waals surface area (Å²) in [7, 11) is 0. The van der Waals surface area contributed by atoms with Crippen LogP contribution in [0.4, 0.5) is 5.69 Å². The molecular formula is C7H10ClNS. The number of nitrogen functional groups attached to an aromatic ring is 1. The topological polar surface area (TPSA) is 26.0 Å². The van der Waals surface area contributed by atoms with Crippen LogP contribution in [0.25, 0.3) is 0 Å². The molecule has 0 saturated carbocycles. The van der Waals surface area contributed by atoms with E-state index in [1.165, 1.54) is 5.56 Å². The number of thiol groups is 1. The molecule has 2 N–H and O–H groups in total. The Morgan fingerprint density at radius 2 is 2.00 bits per heavy atom. The molecule has 0 fully saturated rings. The molecule has 1 aromatic carbocycles. The molecule has 0 spiro atoms. The van der Waals surface area contributed by atoms with Crippen molar-refractivity contribution in [1.29, 1.82) is 0 Å². The molecule has 0 aliphatic carbocycles. The van der Waals surface area contributed by atoms with Crippen LogP contribution >= 0.6 is 25.0 Å². The summed E-state index contributed by atoms with van der Waals surface area (Å²) in [6, 6.07) is 5.79. The monoisotopic (exact) mass is 175 g/mol. The minimum absolute atomic E-state index is 0. The predicted molar refractivity (Wildman–Crippen MR) is 50.1 cm³/mol. The van der Waals surface area contributed by atoms with Gasteiger partial charge in [-0.1, -0.05) is 6.07 Å². The SMILES string of the molecule is Cc1ccc(S)c(N)c1.Cl. The van der Waals surface area contributed by atoms with Crippen molar-refractivity contribution in [2.45, 2.75) is 11.8 Å². The Morgan fingerprint density at radius 3 is 2.40 bits per heavy atom. The highest BCUT2D eigenvalue weighted by atomic mass is 35.5. The molecule has 56 valence electrons. The number of nitrogens with two attached hydrogens (primary N) is 1. The Kier molecular flexibility index (Phi) is 3.61. The molecule has 0 saturated heterocycles. The third-order valence-corrected chi connectivity index (χ3v) is 1.59. The van der Waals surface area contributed by atoms with Gasteiger partial charge in [-0.15, -0.1) is 25.0 Å². The van der Waals surface area contributed by atoms with E-state index in [9.17, 15) is 0 Å². The number of aryl methyl sites for hydroxylation is 1. The first-order valence-corrected chi connectivity index (χ1v) is 3.20. The van der Waals surface area contributed by atoms with Gasteiger partial charge in [0.25, 0.3) is 0 Å². The highest BCUT2D eigenvalue weighted by Gasteiger charge is 1.90. The number of hydrogen-bond donors (Lipinski definition) is 2. The molecule has 10 heavy (non-hydrogen) atoms. The average Bonchev–Trinajstić information content (AvgIpc) is 1.80. The summed E-state index contributed by atoms with van der Waals surface area (Å²) in [5.41, 5.74) is 7.46. The summed E-state index contributed by atoms with van der Waals surface area (Å²) in [4.78, 5) is 0.848. The van der Waals surface area contributed by atoms with Crippen molar-refractivity contribution < 1.29 is 0 Å². The number of halogens is 1. The van der Waals surface area contributed by atoms with Crippen LogP contribution in [0.15, 0.2) is 23.1 Å². The fourth-order valence-corrected chi connectivity index (χ4v) is 0.813. The Labute approximate surface area is 72.4 Å². The van der Waals surface area contributed by atoms with E-state index in [2.05, 4.69) is 12.6 Å². The molecule has 0 unspecified atom stereocenters. The molecule has 0 aromatic heterocycles. The minimum Gasteiger partial charge on any atom is -0.398 e. The largest absolute Gasteiger partial charge is 0.398 e. The second-order valence-electron chi connectivity index (χ2n) is 2.06. The molecule has 0 aliphatic rings. The van der Waals surface area contributed by atoms with Crippen LogP contribution in [-0.4, -0.2) is 0 Å². The predicted octanol–water partition coefficient (Wildman–Crippen LogP) is 2.29. The van der Waals surface area contributed by atoms with Crippen molar-refractivity contribution in [2.24, 2.45) is 0 Å². The lowest BCUT2D eigenvalue weighted by molar-refractivity contribution is 1.39. The first-order valence-electron chi connectivity index (χ1n) is 2.75. The lowest BCUT2D eigenvalue weighted by Crippen LogP contribution is -1.86. The van der Waals surface area contributed by atoms with E-state index in [1.807, 2.05) is 25.1 Å². The van der Waals surface area contributed by atoms with E-state index in [0.717, 1.165) is 10.6 Å². The molecule has 1 nitrogen and oxygen atoms in total. The standard InChI is InChI=1S/C7H9NS.ClH/c1-5-2-3-7(9)6(8)4-5;/h2-4,9H,8H2,1H3;1H. The summed E-state index contributed by atoms with van der Waals surface area (Å²) in [5.74, 6) is 0. The van der Waals surface area contributed by atoms with Gasteiger partial charge in [0, 0.05) is 10.6 Å². The zero-order chi connectivity index (χ0) is 6.85. The van der Waals surface area contributed by atoms with Gasteiger partial charge in [0.1, 0.15) is 0 Å². The highest BCUT2D eigenvalue weighted by Crippen LogP contribution is 2.16. The van der Waals surface area contributed by atoms with Crippen LogP contribution in [0, 0.1) is 6.92 Å². The van der Waals surface area contributed by atoms with Crippen molar-refractivity contribution in [3.05, 3.63) is 23.8 Å². The summed E-state index contributed by atoms with van der Waals surface area (Å²) < 4.78 is 0. The smallest absolute Gasteiger partial charge is 0.0452 e. The van der Waals surface area contributed by atoms with Crippen LogP contribution in [0.3, 0.4) is 0 Å². The quantitative estimate of drug-likeness (QED) is 0.459. The van der Waals surface area contributed by atoms with E-state index < -0.39 is 0 Å². The Balaban J connectivity index is 0.000000810. The van der Waals surface area contributed by atoms with Crippen LogP contribution in [0.1, 0.15) is 5.56 Å². The lowest BCUT2D eigenvalue weighted by atomic mass is 10.2. The van der Waals surface area contributed by atoms with Crippen LogP contribution in [0.2, 0.25) is 0 Å². The molecule has 0 radical (unpaired) electrons.